The van der Waals surface area contributed by atoms with E-state index >= 15 is 0 Å². The van der Waals surface area contributed by atoms with Crippen LogP contribution in [0.5, 0.6) is 0 Å². The van der Waals surface area contributed by atoms with E-state index in [1.54, 1.807) is 0 Å². The molecule has 4 heteroatoms. The minimum atomic E-state index is 0.221. The van der Waals surface area contributed by atoms with Crippen LogP contribution in [0.2, 0.25) is 0 Å². The van der Waals surface area contributed by atoms with Crippen LogP contribution in [-0.4, -0.2) is 28.9 Å². The van der Waals surface area contributed by atoms with Crippen molar-refractivity contribution in [3.8, 4) is 0 Å². The number of fused-ring (bicyclic) bond motifs is 1. The Morgan fingerprint density at radius 2 is 2.10 bits per heavy atom. The predicted octanol–water partition coefficient (Wildman–Crippen LogP) is 3.02. The van der Waals surface area contributed by atoms with Crippen LogP contribution in [0.25, 0.3) is 11.1 Å². The van der Waals surface area contributed by atoms with Crippen molar-refractivity contribution in [2.75, 3.05) is 13.1 Å². The van der Waals surface area contributed by atoms with Gasteiger partial charge in [0.2, 0.25) is 5.91 Å². The molecule has 0 saturated carbocycles. The number of oxazole rings is 1. The Morgan fingerprint density at radius 3 is 2.85 bits per heavy atom. The van der Waals surface area contributed by atoms with Crippen molar-refractivity contribution in [2.45, 2.75) is 32.6 Å². The van der Waals surface area contributed by atoms with Gasteiger partial charge in [0.1, 0.15) is 5.52 Å². The van der Waals surface area contributed by atoms with E-state index in [0.29, 0.717) is 18.7 Å². The van der Waals surface area contributed by atoms with Crippen LogP contribution in [0.1, 0.15) is 32.1 Å². The van der Waals surface area contributed by atoms with Gasteiger partial charge >= 0.3 is 0 Å². The summed E-state index contributed by atoms with van der Waals surface area (Å²) in [5.74, 6) is 1.63. The monoisotopic (exact) mass is 272 g/mol. The molecule has 1 aromatic carbocycles. The number of rotatable bonds is 3. The fraction of sp³-hybridized carbons (Fsp3) is 0.500. The summed E-state index contributed by atoms with van der Waals surface area (Å²) >= 11 is 0. The molecule has 2 aromatic rings. The van der Waals surface area contributed by atoms with Crippen LogP contribution in [0.4, 0.5) is 0 Å². The van der Waals surface area contributed by atoms with E-state index in [0.717, 1.165) is 42.9 Å². The van der Waals surface area contributed by atoms with Crippen molar-refractivity contribution in [3.63, 3.8) is 0 Å². The molecule has 4 nitrogen and oxygen atoms in total. The molecule has 0 spiro atoms. The first-order valence-electron chi connectivity index (χ1n) is 7.34. The molecule has 1 amide bonds. The van der Waals surface area contributed by atoms with Gasteiger partial charge in [0.05, 0.1) is 0 Å². The lowest BCUT2D eigenvalue weighted by molar-refractivity contribution is -0.132. The van der Waals surface area contributed by atoms with E-state index in [1.807, 2.05) is 29.2 Å². The smallest absolute Gasteiger partial charge is 0.223 e. The zero-order valence-corrected chi connectivity index (χ0v) is 11.8. The summed E-state index contributed by atoms with van der Waals surface area (Å²) in [7, 11) is 0. The second-order valence-electron chi connectivity index (χ2n) is 5.64. The lowest BCUT2D eigenvalue weighted by atomic mass is 9.99. The van der Waals surface area contributed by atoms with Gasteiger partial charge in [-0.15, -0.1) is 0 Å². The first-order valence-corrected chi connectivity index (χ1v) is 7.34. The van der Waals surface area contributed by atoms with Crippen molar-refractivity contribution >= 4 is 17.0 Å². The SMILES string of the molecule is CC1CCN(C(=O)CCc2nc3ccccc3o2)CC1. The van der Waals surface area contributed by atoms with Gasteiger partial charge in [0, 0.05) is 25.9 Å². The number of nitrogens with zero attached hydrogens (tertiary/aromatic N) is 2. The second kappa shape index (κ2) is 5.65. The highest BCUT2D eigenvalue weighted by molar-refractivity contribution is 5.76. The molecule has 0 bridgehead atoms. The third-order valence-electron chi connectivity index (χ3n) is 4.03. The van der Waals surface area contributed by atoms with Gasteiger partial charge in [-0.3, -0.25) is 4.79 Å². The van der Waals surface area contributed by atoms with Gasteiger partial charge in [-0.05, 0) is 30.9 Å². The molecule has 0 atom stereocenters. The van der Waals surface area contributed by atoms with Gasteiger partial charge in [-0.1, -0.05) is 19.1 Å². The maximum absolute atomic E-state index is 12.1. The number of carbonyl (C=O) groups is 1. The van der Waals surface area contributed by atoms with E-state index < -0.39 is 0 Å². The molecule has 0 N–H and O–H groups in total. The van der Waals surface area contributed by atoms with Crippen LogP contribution < -0.4 is 0 Å². The molecule has 0 radical (unpaired) electrons. The maximum Gasteiger partial charge on any atom is 0.223 e. The lowest BCUT2D eigenvalue weighted by Gasteiger charge is -2.30. The topological polar surface area (TPSA) is 46.3 Å². The zero-order chi connectivity index (χ0) is 13.9. The summed E-state index contributed by atoms with van der Waals surface area (Å²) in [5, 5.41) is 0. The Balaban J connectivity index is 1.57. The maximum atomic E-state index is 12.1. The van der Waals surface area contributed by atoms with Crippen LogP contribution in [0.15, 0.2) is 28.7 Å². The minimum Gasteiger partial charge on any atom is -0.441 e. The van der Waals surface area contributed by atoms with E-state index in [1.165, 1.54) is 0 Å². The molecule has 3 rings (SSSR count). The molecule has 0 aliphatic carbocycles. The molecule has 0 unspecified atom stereocenters. The zero-order valence-electron chi connectivity index (χ0n) is 11.8. The van der Waals surface area contributed by atoms with Crippen LogP contribution in [-0.2, 0) is 11.2 Å². The van der Waals surface area contributed by atoms with Gasteiger partial charge in [-0.25, -0.2) is 4.98 Å². The highest BCUT2D eigenvalue weighted by atomic mass is 16.3. The first kappa shape index (κ1) is 13.2. The molecule has 20 heavy (non-hydrogen) atoms. The molecule has 1 saturated heterocycles. The molecule has 106 valence electrons. The van der Waals surface area contributed by atoms with Crippen LogP contribution in [0.3, 0.4) is 0 Å². The Morgan fingerprint density at radius 1 is 1.35 bits per heavy atom. The van der Waals surface area contributed by atoms with E-state index in [4.69, 9.17) is 4.42 Å². The molecular weight excluding hydrogens is 252 g/mol. The second-order valence-corrected chi connectivity index (χ2v) is 5.64. The van der Waals surface area contributed by atoms with Gasteiger partial charge in [-0.2, -0.15) is 0 Å². The fourth-order valence-electron chi connectivity index (χ4n) is 2.66. The quantitative estimate of drug-likeness (QED) is 0.862. The van der Waals surface area contributed by atoms with Crippen LogP contribution >= 0.6 is 0 Å². The molecule has 1 fully saturated rings. The summed E-state index contributed by atoms with van der Waals surface area (Å²) in [4.78, 5) is 18.5. The predicted molar refractivity (Wildman–Crippen MR) is 77.3 cm³/mol. The third-order valence-corrected chi connectivity index (χ3v) is 4.03. The number of piperidine rings is 1. The number of amides is 1. The first-order chi connectivity index (χ1) is 9.72. The lowest BCUT2D eigenvalue weighted by Crippen LogP contribution is -2.38. The normalized spacial score (nSPS) is 16.8. The highest BCUT2D eigenvalue weighted by Crippen LogP contribution is 2.18. The van der Waals surface area contributed by atoms with Crippen molar-refractivity contribution < 1.29 is 9.21 Å². The van der Waals surface area contributed by atoms with E-state index in [2.05, 4.69) is 11.9 Å². The van der Waals surface area contributed by atoms with Gasteiger partial charge in [0.25, 0.3) is 0 Å². The average Bonchev–Trinajstić information content (AvgIpc) is 2.88. The number of para-hydroxylation sites is 2. The largest absolute Gasteiger partial charge is 0.441 e. The average molecular weight is 272 g/mol. The Bertz CT molecular complexity index is 564. The summed E-state index contributed by atoms with van der Waals surface area (Å²) in [6, 6.07) is 7.70. The Hall–Kier alpha value is -1.84. The number of likely N-dealkylation sites (tertiary alicyclic amines) is 1. The van der Waals surface area contributed by atoms with Crippen molar-refractivity contribution in [1.82, 2.24) is 9.88 Å². The summed E-state index contributed by atoms with van der Waals surface area (Å²) < 4.78 is 5.64. The number of hydrogen-bond acceptors (Lipinski definition) is 3. The Kier molecular flexibility index (Phi) is 3.72. The van der Waals surface area contributed by atoms with Crippen molar-refractivity contribution in [3.05, 3.63) is 30.2 Å². The molecular formula is C16H20N2O2. The highest BCUT2D eigenvalue weighted by Gasteiger charge is 2.20. The number of carbonyl (C=O) groups excluding carboxylic acids is 1. The third kappa shape index (κ3) is 2.84. The van der Waals surface area contributed by atoms with Crippen molar-refractivity contribution in [2.24, 2.45) is 5.92 Å². The molecule has 1 aromatic heterocycles. The number of aryl methyl sites for hydroxylation is 1. The molecule has 2 heterocycles. The molecule has 1 aliphatic rings. The number of hydrogen-bond donors (Lipinski definition) is 0. The van der Waals surface area contributed by atoms with Crippen molar-refractivity contribution in [1.29, 1.82) is 0 Å². The van der Waals surface area contributed by atoms with Crippen LogP contribution in [0, 0.1) is 5.92 Å². The summed E-state index contributed by atoms with van der Waals surface area (Å²) in [5.41, 5.74) is 1.66. The molecule has 1 aliphatic heterocycles. The number of benzene rings is 1. The van der Waals surface area contributed by atoms with E-state index in [9.17, 15) is 4.79 Å². The fourth-order valence-corrected chi connectivity index (χ4v) is 2.66. The summed E-state index contributed by atoms with van der Waals surface area (Å²) in [6.07, 6.45) is 3.31. The minimum absolute atomic E-state index is 0.221. The standard InChI is InChI=1S/C16H20N2O2/c1-12-8-10-18(11-9-12)16(19)7-6-15-17-13-4-2-3-5-14(13)20-15/h2-5,12H,6-11H2,1H3. The van der Waals surface area contributed by atoms with Gasteiger partial charge < -0.3 is 9.32 Å². The number of aromatic nitrogens is 1. The summed E-state index contributed by atoms with van der Waals surface area (Å²) in [6.45, 7) is 4.04. The Labute approximate surface area is 118 Å². The van der Waals surface area contributed by atoms with Gasteiger partial charge in [0.15, 0.2) is 11.5 Å². The van der Waals surface area contributed by atoms with E-state index in [-0.39, 0.29) is 5.91 Å².